The Labute approximate surface area is 136 Å². The van der Waals surface area contributed by atoms with Crippen LogP contribution >= 0.6 is 23.1 Å². The number of aliphatic hydroxyl groups is 1. The molecule has 0 saturated heterocycles. The highest BCUT2D eigenvalue weighted by molar-refractivity contribution is 7.99. The molecule has 6 heteroatoms. The summed E-state index contributed by atoms with van der Waals surface area (Å²) in [5, 5.41) is 10.2. The smallest absolute Gasteiger partial charge is 0.262 e. The third kappa shape index (κ3) is 2.95. The molecule has 2 aromatic heterocycles. The minimum atomic E-state index is -0.0186. The van der Waals surface area contributed by atoms with Crippen molar-refractivity contribution in [3.63, 3.8) is 0 Å². The SMILES string of the molecule is Cn1c(SCCCO)nc2sc(-c3ccccc3)cc2c1=O. The van der Waals surface area contributed by atoms with Crippen molar-refractivity contribution in [3.05, 3.63) is 46.8 Å². The van der Waals surface area contributed by atoms with E-state index in [2.05, 4.69) is 4.98 Å². The van der Waals surface area contributed by atoms with Gasteiger partial charge in [0.2, 0.25) is 0 Å². The molecule has 0 atom stereocenters. The van der Waals surface area contributed by atoms with Crippen LogP contribution in [0.25, 0.3) is 20.7 Å². The van der Waals surface area contributed by atoms with Crippen LogP contribution in [-0.2, 0) is 7.05 Å². The molecule has 0 amide bonds. The molecular formula is C16H16N2O2S2. The third-order valence-corrected chi connectivity index (χ3v) is 5.52. The number of thioether (sulfide) groups is 1. The van der Waals surface area contributed by atoms with Crippen LogP contribution in [-0.4, -0.2) is 27.0 Å². The lowest BCUT2D eigenvalue weighted by Crippen LogP contribution is -2.19. The van der Waals surface area contributed by atoms with Gasteiger partial charge < -0.3 is 5.11 Å². The number of nitrogens with zero attached hydrogens (tertiary/aromatic N) is 2. The summed E-state index contributed by atoms with van der Waals surface area (Å²) in [6.07, 6.45) is 0.693. The van der Waals surface area contributed by atoms with Gasteiger partial charge in [-0.15, -0.1) is 11.3 Å². The molecule has 0 unspecified atom stereocenters. The molecule has 0 aliphatic rings. The predicted molar refractivity (Wildman–Crippen MR) is 92.7 cm³/mol. The van der Waals surface area contributed by atoms with E-state index in [1.54, 1.807) is 11.6 Å². The molecule has 0 aliphatic carbocycles. The summed E-state index contributed by atoms with van der Waals surface area (Å²) in [7, 11) is 1.75. The summed E-state index contributed by atoms with van der Waals surface area (Å²) in [5.41, 5.74) is 1.08. The van der Waals surface area contributed by atoms with Crippen LogP contribution in [0.4, 0.5) is 0 Å². The minimum absolute atomic E-state index is 0.0186. The Kier molecular flexibility index (Phi) is 4.61. The van der Waals surface area contributed by atoms with Gasteiger partial charge >= 0.3 is 0 Å². The maximum Gasteiger partial charge on any atom is 0.262 e. The topological polar surface area (TPSA) is 55.1 Å². The fourth-order valence-electron chi connectivity index (χ4n) is 2.15. The molecule has 0 saturated carbocycles. The fraction of sp³-hybridized carbons (Fsp3) is 0.250. The first-order valence-electron chi connectivity index (χ1n) is 7.00. The Morgan fingerprint density at radius 1 is 1.32 bits per heavy atom. The van der Waals surface area contributed by atoms with Crippen LogP contribution in [0.15, 0.2) is 46.3 Å². The predicted octanol–water partition coefficient (Wildman–Crippen LogP) is 3.14. The van der Waals surface area contributed by atoms with Gasteiger partial charge in [-0.1, -0.05) is 42.1 Å². The molecule has 4 nitrogen and oxygen atoms in total. The standard InChI is InChI=1S/C16H16N2O2S2/c1-18-15(20)12-10-13(11-6-3-2-4-7-11)22-14(12)17-16(18)21-9-5-8-19/h2-4,6-7,10,19H,5,8-9H2,1H3. The Morgan fingerprint density at radius 3 is 2.82 bits per heavy atom. The minimum Gasteiger partial charge on any atom is -0.396 e. The van der Waals surface area contributed by atoms with E-state index in [-0.39, 0.29) is 12.2 Å². The lowest BCUT2D eigenvalue weighted by atomic mass is 10.2. The van der Waals surface area contributed by atoms with E-state index in [4.69, 9.17) is 5.11 Å². The number of fused-ring (bicyclic) bond motifs is 1. The molecule has 0 aliphatic heterocycles. The first-order chi connectivity index (χ1) is 10.7. The number of aromatic nitrogens is 2. The molecule has 1 N–H and O–H groups in total. The van der Waals surface area contributed by atoms with Gasteiger partial charge in [-0.25, -0.2) is 4.98 Å². The number of hydrogen-bond acceptors (Lipinski definition) is 5. The van der Waals surface area contributed by atoms with E-state index >= 15 is 0 Å². The molecule has 0 radical (unpaired) electrons. The van der Waals surface area contributed by atoms with Crippen molar-refractivity contribution in [3.8, 4) is 10.4 Å². The number of rotatable bonds is 5. The second kappa shape index (κ2) is 6.64. The maximum absolute atomic E-state index is 12.5. The lowest BCUT2D eigenvalue weighted by molar-refractivity contribution is 0.296. The summed E-state index contributed by atoms with van der Waals surface area (Å²) in [6.45, 7) is 0.153. The van der Waals surface area contributed by atoms with E-state index in [1.807, 2.05) is 36.4 Å². The molecule has 3 rings (SSSR count). The van der Waals surface area contributed by atoms with Gasteiger partial charge in [0, 0.05) is 24.3 Å². The normalized spacial score (nSPS) is 11.2. The Balaban J connectivity index is 2.05. The van der Waals surface area contributed by atoms with E-state index in [0.717, 1.165) is 21.0 Å². The quantitative estimate of drug-likeness (QED) is 0.443. The van der Waals surface area contributed by atoms with Gasteiger partial charge in [-0.05, 0) is 18.1 Å². The highest BCUT2D eigenvalue weighted by Crippen LogP contribution is 2.31. The van der Waals surface area contributed by atoms with Crippen molar-refractivity contribution in [2.45, 2.75) is 11.6 Å². The average Bonchev–Trinajstić information content (AvgIpc) is 2.97. The Morgan fingerprint density at radius 2 is 2.09 bits per heavy atom. The highest BCUT2D eigenvalue weighted by atomic mass is 32.2. The van der Waals surface area contributed by atoms with E-state index in [9.17, 15) is 4.79 Å². The number of hydrogen-bond donors (Lipinski definition) is 1. The fourth-order valence-corrected chi connectivity index (χ4v) is 4.12. The monoisotopic (exact) mass is 332 g/mol. The van der Waals surface area contributed by atoms with E-state index in [1.165, 1.54) is 23.1 Å². The van der Waals surface area contributed by atoms with Gasteiger partial charge in [-0.3, -0.25) is 9.36 Å². The molecule has 2 heterocycles. The zero-order chi connectivity index (χ0) is 15.5. The van der Waals surface area contributed by atoms with Crippen molar-refractivity contribution in [1.29, 1.82) is 0 Å². The van der Waals surface area contributed by atoms with Gasteiger partial charge in [-0.2, -0.15) is 0 Å². The second-order valence-corrected chi connectivity index (χ2v) is 6.97. The first-order valence-corrected chi connectivity index (χ1v) is 8.80. The average molecular weight is 332 g/mol. The van der Waals surface area contributed by atoms with Crippen LogP contribution in [0, 0.1) is 0 Å². The molecule has 0 bridgehead atoms. The van der Waals surface area contributed by atoms with Crippen molar-refractivity contribution in [1.82, 2.24) is 9.55 Å². The van der Waals surface area contributed by atoms with Crippen LogP contribution in [0.2, 0.25) is 0 Å². The molecule has 22 heavy (non-hydrogen) atoms. The molecule has 0 spiro atoms. The summed E-state index contributed by atoms with van der Waals surface area (Å²) in [6, 6.07) is 11.9. The zero-order valence-corrected chi connectivity index (χ0v) is 13.8. The van der Waals surface area contributed by atoms with Crippen molar-refractivity contribution >= 4 is 33.3 Å². The Hall–Kier alpha value is -1.63. The summed E-state index contributed by atoms with van der Waals surface area (Å²) >= 11 is 3.04. The summed E-state index contributed by atoms with van der Waals surface area (Å²) in [5.74, 6) is 0.749. The molecule has 0 fully saturated rings. The van der Waals surface area contributed by atoms with Gasteiger partial charge in [0.25, 0.3) is 5.56 Å². The van der Waals surface area contributed by atoms with Gasteiger partial charge in [0.15, 0.2) is 5.16 Å². The number of benzene rings is 1. The van der Waals surface area contributed by atoms with Gasteiger partial charge in [0.1, 0.15) is 4.83 Å². The van der Waals surface area contributed by atoms with Crippen LogP contribution in [0.1, 0.15) is 6.42 Å². The van der Waals surface area contributed by atoms with Crippen molar-refractivity contribution in [2.75, 3.05) is 12.4 Å². The molecule has 1 aromatic carbocycles. The van der Waals surface area contributed by atoms with E-state index < -0.39 is 0 Å². The van der Waals surface area contributed by atoms with Gasteiger partial charge in [0.05, 0.1) is 5.39 Å². The second-order valence-electron chi connectivity index (χ2n) is 4.88. The third-order valence-electron chi connectivity index (χ3n) is 3.32. The number of aliphatic hydroxyl groups excluding tert-OH is 1. The lowest BCUT2D eigenvalue weighted by Gasteiger charge is -2.05. The zero-order valence-electron chi connectivity index (χ0n) is 12.2. The van der Waals surface area contributed by atoms with Crippen LogP contribution in [0.3, 0.4) is 0 Å². The maximum atomic E-state index is 12.5. The number of thiophene rings is 1. The first kappa shape index (κ1) is 15.3. The highest BCUT2D eigenvalue weighted by Gasteiger charge is 2.13. The molecular weight excluding hydrogens is 316 g/mol. The van der Waals surface area contributed by atoms with Crippen molar-refractivity contribution < 1.29 is 5.11 Å². The summed E-state index contributed by atoms with van der Waals surface area (Å²) in [4.78, 5) is 18.9. The van der Waals surface area contributed by atoms with E-state index in [0.29, 0.717) is 17.0 Å². The summed E-state index contributed by atoms with van der Waals surface area (Å²) < 4.78 is 1.59. The van der Waals surface area contributed by atoms with Crippen LogP contribution in [0.5, 0.6) is 0 Å². The molecule has 114 valence electrons. The molecule has 3 aromatic rings. The van der Waals surface area contributed by atoms with Crippen LogP contribution < -0.4 is 5.56 Å². The van der Waals surface area contributed by atoms with Crippen molar-refractivity contribution in [2.24, 2.45) is 7.05 Å². The largest absolute Gasteiger partial charge is 0.396 e. The Bertz CT molecular complexity index is 840.